The SMILES string of the molecule is CC(C)C1CC(CCC2CC2)CN(CC2=CN(C)C(c3cc(C#N)ccc3OC(F)F)S2)C1.O=CN=O. The topological polar surface area (TPSA) is 86.0 Å². The zero-order valence-electron chi connectivity index (χ0n) is 21.7. The van der Waals surface area contributed by atoms with E-state index in [0.29, 0.717) is 17.0 Å². The van der Waals surface area contributed by atoms with Crippen LogP contribution in [0.25, 0.3) is 0 Å². The minimum absolute atomic E-state index is 0.0556. The van der Waals surface area contributed by atoms with Crippen LogP contribution in [0.4, 0.5) is 8.78 Å². The molecule has 0 aromatic heterocycles. The normalized spacial score (nSPS) is 23.8. The van der Waals surface area contributed by atoms with Gasteiger partial charge in [-0.05, 0) is 54.7 Å². The van der Waals surface area contributed by atoms with Crippen LogP contribution in [0.15, 0.2) is 34.5 Å². The number of hydrogen-bond acceptors (Lipinski definition) is 7. The Morgan fingerprint density at radius 2 is 1.95 bits per heavy atom. The number of benzene rings is 1. The number of hydrogen-bond donors (Lipinski definition) is 0. The van der Waals surface area contributed by atoms with E-state index in [9.17, 15) is 14.0 Å². The van der Waals surface area contributed by atoms with Gasteiger partial charge in [-0.15, -0.1) is 4.91 Å². The second-order valence-electron chi connectivity index (χ2n) is 10.5. The van der Waals surface area contributed by atoms with Gasteiger partial charge in [-0.1, -0.05) is 44.9 Å². The Morgan fingerprint density at radius 1 is 1.24 bits per heavy atom. The molecule has 0 N–H and O–H groups in total. The predicted octanol–water partition coefficient (Wildman–Crippen LogP) is 6.37. The first-order chi connectivity index (χ1) is 17.7. The van der Waals surface area contributed by atoms with E-state index >= 15 is 0 Å². The molecule has 1 aromatic rings. The van der Waals surface area contributed by atoms with Gasteiger partial charge in [0, 0.05) is 48.5 Å². The maximum Gasteiger partial charge on any atom is 0.387 e. The molecule has 2 aliphatic heterocycles. The number of carbonyl (C=O) groups excluding carboxylic acids is 1. The van der Waals surface area contributed by atoms with E-state index in [-0.39, 0.29) is 17.5 Å². The predicted molar refractivity (Wildman–Crippen MR) is 141 cm³/mol. The Hall–Kier alpha value is -2.51. The first-order valence-electron chi connectivity index (χ1n) is 12.8. The third-order valence-electron chi connectivity index (χ3n) is 7.29. The quantitative estimate of drug-likeness (QED) is 0.255. The van der Waals surface area contributed by atoms with Crippen molar-refractivity contribution in [2.45, 2.75) is 57.9 Å². The summed E-state index contributed by atoms with van der Waals surface area (Å²) in [7, 11) is 1.96. The lowest BCUT2D eigenvalue weighted by Gasteiger charge is -2.40. The first-order valence-corrected chi connectivity index (χ1v) is 13.7. The average molecular weight is 535 g/mol. The number of rotatable bonds is 10. The summed E-state index contributed by atoms with van der Waals surface area (Å²) in [5.41, 5.74) is 1.07. The van der Waals surface area contributed by atoms with E-state index in [1.165, 1.54) is 49.1 Å². The number of nitrogens with zero attached hydrogens (tertiary/aromatic N) is 4. The number of carbonyl (C=O) groups is 1. The highest BCUT2D eigenvalue weighted by Crippen LogP contribution is 2.47. The van der Waals surface area contributed by atoms with Gasteiger partial charge in [-0.3, -0.25) is 9.69 Å². The van der Waals surface area contributed by atoms with Crippen LogP contribution in [0, 0.1) is 39.9 Å². The van der Waals surface area contributed by atoms with Gasteiger partial charge in [0.05, 0.1) is 11.6 Å². The molecule has 4 rings (SSSR count). The molecular formula is C27H36F2N4O3S. The molecule has 3 aliphatic rings. The van der Waals surface area contributed by atoms with Gasteiger partial charge in [0.25, 0.3) is 6.41 Å². The third-order valence-corrected chi connectivity index (χ3v) is 8.64. The highest BCUT2D eigenvalue weighted by Gasteiger charge is 2.33. The van der Waals surface area contributed by atoms with Crippen molar-refractivity contribution in [1.82, 2.24) is 9.80 Å². The van der Waals surface area contributed by atoms with Gasteiger partial charge >= 0.3 is 6.61 Å². The number of nitroso groups, excluding NO2 is 1. The fraction of sp³-hybridized carbons (Fsp3) is 0.630. The number of amides is 1. The lowest BCUT2D eigenvalue weighted by Crippen LogP contribution is -2.42. The van der Waals surface area contributed by atoms with Crippen LogP contribution in [-0.4, -0.2) is 49.5 Å². The van der Waals surface area contributed by atoms with Crippen molar-refractivity contribution in [3.05, 3.63) is 45.3 Å². The molecule has 0 spiro atoms. The Labute approximate surface area is 222 Å². The molecule has 1 aromatic carbocycles. The minimum atomic E-state index is -2.89. The third kappa shape index (κ3) is 8.78. The summed E-state index contributed by atoms with van der Waals surface area (Å²) >= 11 is 1.68. The molecule has 2 fully saturated rings. The molecule has 37 heavy (non-hydrogen) atoms. The van der Waals surface area contributed by atoms with E-state index in [1.54, 1.807) is 23.0 Å². The van der Waals surface area contributed by atoms with Crippen molar-refractivity contribution in [2.24, 2.45) is 28.8 Å². The van der Waals surface area contributed by atoms with Crippen LogP contribution >= 0.6 is 11.8 Å². The van der Waals surface area contributed by atoms with Crippen molar-refractivity contribution in [1.29, 1.82) is 5.26 Å². The second-order valence-corrected chi connectivity index (χ2v) is 11.7. The van der Waals surface area contributed by atoms with Gasteiger partial charge in [0.2, 0.25) is 0 Å². The van der Waals surface area contributed by atoms with E-state index in [4.69, 9.17) is 14.4 Å². The fourth-order valence-corrected chi connectivity index (χ4v) is 6.50. The lowest BCUT2D eigenvalue weighted by molar-refractivity contribution is -0.106. The monoisotopic (exact) mass is 534 g/mol. The van der Waals surface area contributed by atoms with Crippen LogP contribution in [0.5, 0.6) is 5.75 Å². The zero-order valence-corrected chi connectivity index (χ0v) is 22.5. The molecule has 1 saturated carbocycles. The molecule has 1 amide bonds. The van der Waals surface area contributed by atoms with Crippen LogP contribution in [0.3, 0.4) is 0 Å². The Morgan fingerprint density at radius 3 is 2.54 bits per heavy atom. The summed E-state index contributed by atoms with van der Waals surface area (Å²) < 4.78 is 30.7. The van der Waals surface area contributed by atoms with Crippen LogP contribution < -0.4 is 4.74 Å². The molecule has 0 bridgehead atoms. The molecule has 202 valence electrons. The molecule has 1 saturated heterocycles. The molecule has 3 unspecified atom stereocenters. The Kier molecular flexibility index (Phi) is 10.9. The van der Waals surface area contributed by atoms with E-state index in [0.717, 1.165) is 37.4 Å². The van der Waals surface area contributed by atoms with E-state index in [1.807, 2.05) is 11.9 Å². The molecule has 3 atom stereocenters. The minimum Gasteiger partial charge on any atom is -0.434 e. The van der Waals surface area contributed by atoms with E-state index < -0.39 is 6.61 Å². The number of thioether (sulfide) groups is 1. The summed E-state index contributed by atoms with van der Waals surface area (Å²) in [4.78, 5) is 23.1. The maximum atomic E-state index is 13.0. The van der Waals surface area contributed by atoms with Gasteiger partial charge in [0.1, 0.15) is 11.1 Å². The Bertz CT molecular complexity index is 990. The smallest absolute Gasteiger partial charge is 0.387 e. The Balaban J connectivity index is 0.000000886. The number of alkyl halides is 2. The van der Waals surface area contributed by atoms with Gasteiger partial charge in [-0.25, -0.2) is 0 Å². The largest absolute Gasteiger partial charge is 0.434 e. The van der Waals surface area contributed by atoms with Gasteiger partial charge < -0.3 is 9.64 Å². The summed E-state index contributed by atoms with van der Waals surface area (Å²) in [6.07, 6.45) is 8.98. The van der Waals surface area contributed by atoms with Crippen molar-refractivity contribution in [2.75, 3.05) is 26.7 Å². The summed E-state index contributed by atoms with van der Waals surface area (Å²) in [5.74, 6) is 3.29. The summed E-state index contributed by atoms with van der Waals surface area (Å²) in [6.45, 7) is 4.94. The molecule has 1 aliphatic carbocycles. The number of ether oxygens (including phenoxy) is 1. The van der Waals surface area contributed by atoms with Crippen molar-refractivity contribution in [3.8, 4) is 11.8 Å². The number of halogens is 2. The van der Waals surface area contributed by atoms with Crippen LogP contribution in [0.1, 0.15) is 62.5 Å². The lowest BCUT2D eigenvalue weighted by atomic mass is 9.80. The molecule has 0 radical (unpaired) electrons. The van der Waals surface area contributed by atoms with Gasteiger partial charge in [0.15, 0.2) is 0 Å². The summed E-state index contributed by atoms with van der Waals surface area (Å²) in [5, 5.41) is 10.9. The van der Waals surface area contributed by atoms with Crippen LogP contribution in [0.2, 0.25) is 0 Å². The molecule has 10 heteroatoms. The highest BCUT2D eigenvalue weighted by molar-refractivity contribution is 8.03. The summed E-state index contributed by atoms with van der Waals surface area (Å²) in [6, 6.07) is 6.79. The second kappa shape index (κ2) is 13.9. The zero-order chi connectivity index (χ0) is 26.9. The fourth-order valence-electron chi connectivity index (χ4n) is 5.20. The highest BCUT2D eigenvalue weighted by atomic mass is 32.2. The van der Waals surface area contributed by atoms with Crippen molar-refractivity contribution in [3.63, 3.8) is 0 Å². The van der Waals surface area contributed by atoms with Crippen molar-refractivity contribution < 1.29 is 18.3 Å². The molecule has 2 heterocycles. The standard InChI is InChI=1S/C26H35F2N3OS.CHNO2/c1-17(2)21-10-20(7-6-18-4-5-18)13-31(14-21)16-22-15-30(3)25(33-22)23-11-19(12-29)8-9-24(23)32-26(27)28;3-1-2-4/h8-9,11,15,17-18,20-21,25-26H,4-7,10,13-14,16H2,1-3H3;1H. The molecule has 7 nitrogen and oxygen atoms in total. The maximum absolute atomic E-state index is 13.0. The molecular weight excluding hydrogens is 498 g/mol. The number of likely N-dealkylation sites (tertiary alicyclic amines) is 1. The van der Waals surface area contributed by atoms with Gasteiger partial charge in [-0.2, -0.15) is 14.0 Å². The van der Waals surface area contributed by atoms with E-state index in [2.05, 4.69) is 31.0 Å². The van der Waals surface area contributed by atoms with Crippen LogP contribution in [-0.2, 0) is 4.79 Å². The number of nitriles is 1. The average Bonchev–Trinajstić information content (AvgIpc) is 3.64. The first kappa shape index (κ1) is 29.1. The number of piperidine rings is 1. The van der Waals surface area contributed by atoms with Crippen molar-refractivity contribution >= 4 is 18.2 Å².